The SMILES string of the molecule is C=C(C)C(=O)C(=C)C(=O)O. The molecule has 0 rings (SSSR count). The summed E-state index contributed by atoms with van der Waals surface area (Å²) in [5.74, 6) is -1.90. The topological polar surface area (TPSA) is 54.4 Å². The van der Waals surface area contributed by atoms with E-state index in [0.29, 0.717) is 0 Å². The summed E-state index contributed by atoms with van der Waals surface area (Å²) in [5, 5.41) is 8.24. The molecule has 0 spiro atoms. The van der Waals surface area contributed by atoms with E-state index in [2.05, 4.69) is 13.2 Å². The van der Waals surface area contributed by atoms with Crippen LogP contribution in [0.15, 0.2) is 24.3 Å². The zero-order valence-electron chi connectivity index (χ0n) is 5.68. The molecular weight excluding hydrogens is 132 g/mol. The van der Waals surface area contributed by atoms with E-state index in [1.807, 2.05) is 0 Å². The van der Waals surface area contributed by atoms with Gasteiger partial charge in [0.1, 0.15) is 0 Å². The number of carbonyl (C=O) groups excluding carboxylic acids is 1. The Balaban J connectivity index is 4.39. The summed E-state index contributed by atoms with van der Waals surface area (Å²) < 4.78 is 0. The number of allylic oxidation sites excluding steroid dienone is 1. The Morgan fingerprint density at radius 1 is 1.30 bits per heavy atom. The highest BCUT2D eigenvalue weighted by Gasteiger charge is 2.13. The molecule has 0 atom stereocenters. The molecule has 1 N–H and O–H groups in total. The Kier molecular flexibility index (Phi) is 2.55. The Morgan fingerprint density at radius 2 is 1.70 bits per heavy atom. The highest BCUT2D eigenvalue weighted by Crippen LogP contribution is 2.00. The monoisotopic (exact) mass is 140 g/mol. The molecule has 0 unspecified atom stereocenters. The van der Waals surface area contributed by atoms with Gasteiger partial charge in [0.15, 0.2) is 5.78 Å². The number of Topliss-reactive ketones (excluding diaryl/α,β-unsaturated/α-hetero) is 1. The minimum Gasteiger partial charge on any atom is -0.478 e. The van der Waals surface area contributed by atoms with Gasteiger partial charge in [-0.1, -0.05) is 13.2 Å². The number of aliphatic carboxylic acids is 1. The van der Waals surface area contributed by atoms with Crippen LogP contribution in [-0.4, -0.2) is 16.9 Å². The minimum atomic E-state index is -1.30. The van der Waals surface area contributed by atoms with E-state index < -0.39 is 17.3 Å². The van der Waals surface area contributed by atoms with Crippen molar-refractivity contribution in [2.45, 2.75) is 6.92 Å². The van der Waals surface area contributed by atoms with E-state index in [0.717, 1.165) is 0 Å². The number of carbonyl (C=O) groups is 2. The molecule has 10 heavy (non-hydrogen) atoms. The molecule has 3 heteroatoms. The van der Waals surface area contributed by atoms with E-state index >= 15 is 0 Å². The molecule has 0 bridgehead atoms. The van der Waals surface area contributed by atoms with Gasteiger partial charge in [-0.3, -0.25) is 4.79 Å². The molecule has 0 aliphatic rings. The first-order chi connectivity index (χ1) is 4.46. The molecule has 0 fully saturated rings. The van der Waals surface area contributed by atoms with Crippen molar-refractivity contribution < 1.29 is 14.7 Å². The molecule has 0 saturated carbocycles. The van der Waals surface area contributed by atoms with Crippen LogP contribution < -0.4 is 0 Å². The maximum absolute atomic E-state index is 10.7. The standard InChI is InChI=1S/C7H8O3/c1-4(2)6(8)5(3)7(9)10/h1,3H2,2H3,(H,9,10). The van der Waals surface area contributed by atoms with Crippen LogP contribution in [0.1, 0.15) is 6.92 Å². The van der Waals surface area contributed by atoms with Crippen molar-refractivity contribution in [3.63, 3.8) is 0 Å². The molecule has 0 aliphatic carbocycles. The summed E-state index contributed by atoms with van der Waals surface area (Å²) in [7, 11) is 0. The Bertz CT molecular complexity index is 189. The van der Waals surface area contributed by atoms with Gasteiger partial charge in [-0.15, -0.1) is 0 Å². The van der Waals surface area contributed by atoms with Crippen LogP contribution in [0.4, 0.5) is 0 Å². The number of carboxylic acid groups (broad SMARTS) is 1. The van der Waals surface area contributed by atoms with Crippen LogP contribution in [0.5, 0.6) is 0 Å². The second-order valence-electron chi connectivity index (χ2n) is 1.89. The number of ketones is 1. The van der Waals surface area contributed by atoms with Crippen LogP contribution in [0, 0.1) is 0 Å². The maximum Gasteiger partial charge on any atom is 0.339 e. The molecule has 0 heterocycles. The van der Waals surface area contributed by atoms with Crippen LogP contribution in [0.2, 0.25) is 0 Å². The molecule has 0 amide bonds. The summed E-state index contributed by atoms with van der Waals surface area (Å²) in [5.41, 5.74) is -0.250. The smallest absolute Gasteiger partial charge is 0.339 e. The van der Waals surface area contributed by atoms with Crippen molar-refractivity contribution in [1.29, 1.82) is 0 Å². The van der Waals surface area contributed by atoms with E-state index in [4.69, 9.17) is 5.11 Å². The van der Waals surface area contributed by atoms with E-state index in [-0.39, 0.29) is 5.57 Å². The largest absolute Gasteiger partial charge is 0.478 e. The fourth-order valence-corrected chi connectivity index (χ4v) is 0.355. The van der Waals surface area contributed by atoms with E-state index in [1.54, 1.807) is 0 Å². The van der Waals surface area contributed by atoms with Gasteiger partial charge in [0.2, 0.25) is 0 Å². The normalized spacial score (nSPS) is 8.50. The van der Waals surface area contributed by atoms with E-state index in [9.17, 15) is 9.59 Å². The Labute approximate surface area is 58.7 Å². The highest BCUT2D eigenvalue weighted by atomic mass is 16.4. The van der Waals surface area contributed by atoms with Gasteiger partial charge in [0.25, 0.3) is 0 Å². The van der Waals surface area contributed by atoms with Crippen LogP contribution >= 0.6 is 0 Å². The van der Waals surface area contributed by atoms with Gasteiger partial charge in [-0.05, 0) is 12.5 Å². The van der Waals surface area contributed by atoms with Crippen LogP contribution in [0.3, 0.4) is 0 Å². The quantitative estimate of drug-likeness (QED) is 0.358. The summed E-state index contributed by atoms with van der Waals surface area (Å²) in [4.78, 5) is 20.8. The highest BCUT2D eigenvalue weighted by molar-refractivity contribution is 6.22. The van der Waals surface area contributed by atoms with Crippen LogP contribution in [0.25, 0.3) is 0 Å². The molecule has 0 radical (unpaired) electrons. The Morgan fingerprint density at radius 3 is 1.80 bits per heavy atom. The predicted octanol–water partition coefficient (Wildman–Crippen LogP) is 0.772. The van der Waals surface area contributed by atoms with Gasteiger partial charge in [0, 0.05) is 0 Å². The third-order valence-electron chi connectivity index (χ3n) is 0.920. The molecular formula is C7H8O3. The first-order valence-electron chi connectivity index (χ1n) is 2.59. The lowest BCUT2D eigenvalue weighted by Crippen LogP contribution is -2.10. The summed E-state index contributed by atoms with van der Waals surface area (Å²) in [6.07, 6.45) is 0. The zero-order chi connectivity index (χ0) is 8.31. The van der Waals surface area contributed by atoms with Gasteiger partial charge < -0.3 is 5.11 Å². The summed E-state index contributed by atoms with van der Waals surface area (Å²) >= 11 is 0. The third-order valence-corrected chi connectivity index (χ3v) is 0.920. The van der Waals surface area contributed by atoms with Crippen molar-refractivity contribution in [2.75, 3.05) is 0 Å². The lowest BCUT2D eigenvalue weighted by molar-refractivity contribution is -0.134. The number of carboxylic acids is 1. The minimum absolute atomic E-state index is 0.187. The van der Waals surface area contributed by atoms with Crippen molar-refractivity contribution in [3.8, 4) is 0 Å². The summed E-state index contributed by atoms with van der Waals surface area (Å²) in [6.45, 7) is 7.79. The predicted molar refractivity (Wildman–Crippen MR) is 36.6 cm³/mol. The first-order valence-corrected chi connectivity index (χ1v) is 2.59. The van der Waals surface area contributed by atoms with Crippen molar-refractivity contribution in [3.05, 3.63) is 24.3 Å². The fourth-order valence-electron chi connectivity index (χ4n) is 0.355. The van der Waals surface area contributed by atoms with Crippen molar-refractivity contribution >= 4 is 11.8 Å². The number of hydrogen-bond donors (Lipinski definition) is 1. The first kappa shape index (κ1) is 8.62. The second kappa shape index (κ2) is 2.96. The van der Waals surface area contributed by atoms with Gasteiger partial charge >= 0.3 is 5.97 Å². The Hall–Kier alpha value is -1.38. The molecule has 54 valence electrons. The average Bonchev–Trinajstić information content (AvgIpc) is 1.84. The molecule has 0 aromatic rings. The zero-order valence-corrected chi connectivity index (χ0v) is 5.68. The van der Waals surface area contributed by atoms with E-state index in [1.165, 1.54) is 6.92 Å². The van der Waals surface area contributed by atoms with Gasteiger partial charge in [-0.25, -0.2) is 4.79 Å². The molecule has 0 aliphatic heterocycles. The van der Waals surface area contributed by atoms with Crippen molar-refractivity contribution in [2.24, 2.45) is 0 Å². The fraction of sp³-hybridized carbons (Fsp3) is 0.143. The van der Waals surface area contributed by atoms with Gasteiger partial charge in [-0.2, -0.15) is 0 Å². The van der Waals surface area contributed by atoms with Crippen molar-refractivity contribution in [1.82, 2.24) is 0 Å². The van der Waals surface area contributed by atoms with Gasteiger partial charge in [0.05, 0.1) is 5.57 Å². The molecule has 0 aromatic carbocycles. The second-order valence-corrected chi connectivity index (χ2v) is 1.89. The molecule has 3 nitrogen and oxygen atoms in total. The third kappa shape index (κ3) is 1.85. The number of hydrogen-bond acceptors (Lipinski definition) is 2. The lowest BCUT2D eigenvalue weighted by atomic mass is 10.1. The maximum atomic E-state index is 10.7. The molecule has 0 aromatic heterocycles. The average molecular weight is 140 g/mol. The summed E-state index contributed by atoms with van der Waals surface area (Å²) in [6, 6.07) is 0. The molecule has 0 saturated heterocycles. The van der Waals surface area contributed by atoms with Crippen LogP contribution in [-0.2, 0) is 9.59 Å². The lowest BCUT2D eigenvalue weighted by Gasteiger charge is -1.95. The number of rotatable bonds is 3.